The molecule has 0 radical (unpaired) electrons. The van der Waals surface area contributed by atoms with Crippen molar-refractivity contribution in [2.24, 2.45) is 0 Å². The van der Waals surface area contributed by atoms with Crippen LogP contribution in [0.15, 0.2) is 53.9 Å². The molecule has 3 rings (SSSR count). The Bertz CT molecular complexity index is 908. The molecule has 0 fully saturated rings. The van der Waals surface area contributed by atoms with Crippen molar-refractivity contribution in [3.63, 3.8) is 0 Å². The van der Waals surface area contributed by atoms with E-state index in [2.05, 4.69) is 10.3 Å². The molecule has 1 heterocycles. The van der Waals surface area contributed by atoms with E-state index in [0.29, 0.717) is 11.4 Å². The fourth-order valence-corrected chi connectivity index (χ4v) is 3.16. The molecule has 1 amide bonds. The van der Waals surface area contributed by atoms with Crippen LogP contribution in [0.2, 0.25) is 0 Å². The Hall–Kier alpha value is -2.73. The minimum atomic E-state index is -0.283. The Morgan fingerprint density at radius 3 is 2.81 bits per heavy atom. The normalized spacial score (nSPS) is 10.8. The van der Waals surface area contributed by atoms with E-state index in [-0.39, 0.29) is 24.4 Å². The average Bonchev–Trinajstić information content (AvgIpc) is 3.10. The van der Waals surface area contributed by atoms with Crippen LogP contribution in [0.25, 0.3) is 10.6 Å². The molecule has 0 bridgehead atoms. The van der Waals surface area contributed by atoms with Gasteiger partial charge in [-0.3, -0.25) is 4.79 Å². The molecule has 26 heavy (non-hydrogen) atoms. The molecule has 0 spiro atoms. The molecule has 6 heteroatoms. The minimum absolute atomic E-state index is 0.0622. The van der Waals surface area contributed by atoms with Crippen LogP contribution in [0, 0.1) is 5.82 Å². The molecule has 3 aromatic rings. The summed E-state index contributed by atoms with van der Waals surface area (Å²) >= 11 is 1.41. The average molecular weight is 370 g/mol. The van der Waals surface area contributed by atoms with Crippen molar-refractivity contribution in [1.82, 2.24) is 10.3 Å². The van der Waals surface area contributed by atoms with Crippen molar-refractivity contribution < 1.29 is 13.9 Å². The summed E-state index contributed by atoms with van der Waals surface area (Å²) in [7, 11) is 0. The summed E-state index contributed by atoms with van der Waals surface area (Å²) in [6, 6.07) is 13.9. The summed E-state index contributed by atoms with van der Waals surface area (Å²) in [6.45, 7) is 4.09. The Balaban J connectivity index is 1.71. The molecule has 0 aliphatic heterocycles. The largest absolute Gasteiger partial charge is 0.489 e. The fourth-order valence-electron chi connectivity index (χ4n) is 2.36. The van der Waals surface area contributed by atoms with Crippen molar-refractivity contribution >= 4 is 17.2 Å². The van der Waals surface area contributed by atoms with E-state index in [4.69, 9.17) is 4.74 Å². The summed E-state index contributed by atoms with van der Waals surface area (Å²) in [5.74, 6) is 0.200. The first-order valence-electron chi connectivity index (χ1n) is 8.25. The van der Waals surface area contributed by atoms with Gasteiger partial charge in [-0.2, -0.15) is 0 Å². The van der Waals surface area contributed by atoms with Crippen molar-refractivity contribution in [1.29, 1.82) is 0 Å². The van der Waals surface area contributed by atoms with E-state index in [1.165, 1.54) is 23.5 Å². The maximum atomic E-state index is 13.2. The van der Waals surface area contributed by atoms with Crippen LogP contribution >= 0.6 is 11.3 Å². The zero-order valence-electron chi connectivity index (χ0n) is 14.5. The number of carbonyl (C=O) groups excluding carboxylic acids is 1. The van der Waals surface area contributed by atoms with E-state index < -0.39 is 0 Å². The highest BCUT2D eigenvalue weighted by Crippen LogP contribution is 2.27. The van der Waals surface area contributed by atoms with Crippen LogP contribution < -0.4 is 10.1 Å². The van der Waals surface area contributed by atoms with Crippen LogP contribution in [0.5, 0.6) is 5.75 Å². The van der Waals surface area contributed by atoms with Crippen LogP contribution in [0.1, 0.15) is 29.9 Å². The van der Waals surface area contributed by atoms with E-state index in [9.17, 15) is 9.18 Å². The van der Waals surface area contributed by atoms with Gasteiger partial charge in [0.05, 0.1) is 0 Å². The zero-order valence-corrected chi connectivity index (χ0v) is 15.3. The smallest absolute Gasteiger partial charge is 0.270 e. The number of nitrogens with zero attached hydrogens (tertiary/aromatic N) is 1. The molecule has 1 aromatic heterocycles. The number of aromatic nitrogens is 1. The number of hydrogen-bond acceptors (Lipinski definition) is 4. The molecule has 0 aliphatic carbocycles. The second kappa shape index (κ2) is 8.10. The quantitative estimate of drug-likeness (QED) is 0.686. The number of halogens is 1. The molecule has 0 unspecified atom stereocenters. The van der Waals surface area contributed by atoms with Gasteiger partial charge in [0.25, 0.3) is 5.91 Å². The predicted octanol–water partition coefficient (Wildman–Crippen LogP) is 4.67. The first kappa shape index (κ1) is 18.1. The van der Waals surface area contributed by atoms with Crippen LogP contribution in [-0.2, 0) is 6.61 Å². The predicted molar refractivity (Wildman–Crippen MR) is 101 cm³/mol. The van der Waals surface area contributed by atoms with Gasteiger partial charge in [0.1, 0.15) is 28.9 Å². The number of carbonyl (C=O) groups is 1. The van der Waals surface area contributed by atoms with Gasteiger partial charge in [-0.25, -0.2) is 9.37 Å². The maximum absolute atomic E-state index is 13.2. The van der Waals surface area contributed by atoms with Gasteiger partial charge in [0.2, 0.25) is 0 Å². The molecule has 0 atom stereocenters. The summed E-state index contributed by atoms with van der Waals surface area (Å²) in [6.07, 6.45) is 0. The van der Waals surface area contributed by atoms with Crippen LogP contribution in [0.3, 0.4) is 0 Å². The molecule has 4 nitrogen and oxygen atoms in total. The second-order valence-corrected chi connectivity index (χ2v) is 6.97. The van der Waals surface area contributed by atoms with Gasteiger partial charge in [-0.05, 0) is 43.7 Å². The van der Waals surface area contributed by atoms with Crippen molar-refractivity contribution in [2.75, 3.05) is 0 Å². The lowest BCUT2D eigenvalue weighted by atomic mass is 10.2. The summed E-state index contributed by atoms with van der Waals surface area (Å²) in [4.78, 5) is 16.4. The summed E-state index contributed by atoms with van der Waals surface area (Å²) < 4.78 is 19.0. The van der Waals surface area contributed by atoms with E-state index in [1.54, 1.807) is 11.4 Å². The minimum Gasteiger partial charge on any atom is -0.489 e. The van der Waals surface area contributed by atoms with Crippen molar-refractivity contribution in [3.8, 4) is 16.3 Å². The molecule has 2 aromatic carbocycles. The Kier molecular flexibility index (Phi) is 5.63. The fraction of sp³-hybridized carbons (Fsp3) is 0.200. The number of ether oxygens (including phenoxy) is 1. The van der Waals surface area contributed by atoms with Gasteiger partial charge < -0.3 is 10.1 Å². The lowest BCUT2D eigenvalue weighted by molar-refractivity contribution is 0.0939. The SMILES string of the molecule is CC(C)NC(=O)c1csc(-c2cccc(OCc3cccc(F)c3)c2)n1. The monoisotopic (exact) mass is 370 g/mol. The molecule has 0 saturated carbocycles. The van der Waals surface area contributed by atoms with Gasteiger partial charge in [-0.15, -0.1) is 11.3 Å². The Morgan fingerprint density at radius 1 is 1.23 bits per heavy atom. The highest BCUT2D eigenvalue weighted by Gasteiger charge is 2.13. The molecule has 0 saturated heterocycles. The maximum Gasteiger partial charge on any atom is 0.270 e. The lowest BCUT2D eigenvalue weighted by Gasteiger charge is -2.07. The van der Waals surface area contributed by atoms with E-state index >= 15 is 0 Å². The molecular weight excluding hydrogens is 351 g/mol. The first-order valence-corrected chi connectivity index (χ1v) is 9.13. The number of amides is 1. The number of thiazole rings is 1. The number of hydrogen-bond donors (Lipinski definition) is 1. The van der Waals surface area contributed by atoms with Gasteiger partial charge in [0, 0.05) is 17.0 Å². The third-order valence-electron chi connectivity index (χ3n) is 3.53. The van der Waals surface area contributed by atoms with Gasteiger partial charge in [0.15, 0.2) is 0 Å². The summed E-state index contributed by atoms with van der Waals surface area (Å²) in [5, 5.41) is 5.32. The number of benzene rings is 2. The van der Waals surface area contributed by atoms with E-state index in [0.717, 1.165) is 16.1 Å². The van der Waals surface area contributed by atoms with Crippen LogP contribution in [-0.4, -0.2) is 16.9 Å². The third-order valence-corrected chi connectivity index (χ3v) is 4.42. The Morgan fingerprint density at radius 2 is 2.04 bits per heavy atom. The van der Waals surface area contributed by atoms with Gasteiger partial charge in [-0.1, -0.05) is 24.3 Å². The number of rotatable bonds is 6. The molecule has 0 aliphatic rings. The lowest BCUT2D eigenvalue weighted by Crippen LogP contribution is -2.30. The molecule has 1 N–H and O–H groups in total. The standard InChI is InChI=1S/C20H19FN2O2S/c1-13(2)22-19(24)18-12-26-20(23-18)15-6-4-8-17(10-15)25-11-14-5-3-7-16(21)9-14/h3-10,12-13H,11H2,1-2H3,(H,22,24). The topological polar surface area (TPSA) is 51.2 Å². The Labute approximate surface area is 155 Å². The molecular formula is C20H19FN2O2S. The highest BCUT2D eigenvalue weighted by atomic mass is 32.1. The summed E-state index contributed by atoms with van der Waals surface area (Å²) in [5.41, 5.74) is 2.04. The second-order valence-electron chi connectivity index (χ2n) is 6.11. The number of nitrogens with one attached hydrogen (secondary N) is 1. The zero-order chi connectivity index (χ0) is 18.5. The van der Waals surface area contributed by atoms with E-state index in [1.807, 2.05) is 44.2 Å². The van der Waals surface area contributed by atoms with Crippen molar-refractivity contribution in [2.45, 2.75) is 26.5 Å². The third kappa shape index (κ3) is 4.67. The van der Waals surface area contributed by atoms with Gasteiger partial charge >= 0.3 is 0 Å². The van der Waals surface area contributed by atoms with Crippen molar-refractivity contribution in [3.05, 3.63) is 71.0 Å². The molecule has 134 valence electrons. The van der Waals surface area contributed by atoms with Crippen LogP contribution in [0.4, 0.5) is 4.39 Å². The highest BCUT2D eigenvalue weighted by molar-refractivity contribution is 7.13. The first-order chi connectivity index (χ1) is 12.5.